The molecule has 1 aromatic rings. The van der Waals surface area contributed by atoms with E-state index in [0.717, 1.165) is 0 Å². The highest BCUT2D eigenvalue weighted by molar-refractivity contribution is 7.91. The summed E-state index contributed by atoms with van der Waals surface area (Å²) >= 11 is 0. The van der Waals surface area contributed by atoms with E-state index in [2.05, 4.69) is 5.32 Å². The molecule has 1 N–H and O–H groups in total. The van der Waals surface area contributed by atoms with Gasteiger partial charge < -0.3 is 10.1 Å². The van der Waals surface area contributed by atoms with Crippen molar-refractivity contribution in [3.63, 3.8) is 0 Å². The molecule has 1 aromatic carbocycles. The van der Waals surface area contributed by atoms with Gasteiger partial charge in [0.05, 0.1) is 23.2 Å². The maximum Gasteiger partial charge on any atom is 0.310 e. The third-order valence-corrected chi connectivity index (χ3v) is 5.58. The minimum Gasteiger partial charge on any atom is -0.466 e. The number of ether oxygens (including phenoxy) is 1. The largest absolute Gasteiger partial charge is 0.466 e. The minimum atomic E-state index is -3.32. The second-order valence-corrected chi connectivity index (χ2v) is 7.27. The van der Waals surface area contributed by atoms with Crippen LogP contribution in [0.1, 0.15) is 31.9 Å². The van der Waals surface area contributed by atoms with Gasteiger partial charge in [0.15, 0.2) is 9.84 Å². The molecule has 1 aliphatic heterocycles. The fourth-order valence-electron chi connectivity index (χ4n) is 2.71. The van der Waals surface area contributed by atoms with Crippen molar-refractivity contribution in [3.8, 4) is 0 Å². The molecular formula is C15H21NO4S. The second-order valence-electron chi connectivity index (χ2n) is 5.02. The van der Waals surface area contributed by atoms with Gasteiger partial charge in [0, 0.05) is 6.04 Å². The highest BCUT2D eigenvalue weighted by Gasteiger charge is 2.37. The minimum absolute atomic E-state index is 0.0425. The number of benzene rings is 1. The van der Waals surface area contributed by atoms with E-state index in [4.69, 9.17) is 4.74 Å². The zero-order chi connectivity index (χ0) is 15.5. The van der Waals surface area contributed by atoms with E-state index in [1.54, 1.807) is 38.1 Å². The Morgan fingerprint density at radius 1 is 1.33 bits per heavy atom. The Morgan fingerprint density at radius 2 is 2.05 bits per heavy atom. The van der Waals surface area contributed by atoms with E-state index in [1.165, 1.54) is 0 Å². The molecule has 0 aromatic heterocycles. The molecule has 1 heterocycles. The van der Waals surface area contributed by atoms with Gasteiger partial charge in [0.25, 0.3) is 0 Å². The van der Waals surface area contributed by atoms with Crippen LogP contribution < -0.4 is 5.32 Å². The molecule has 0 spiro atoms. The SMILES string of the molecule is CCOC(=O)[C@H]1CCN[C@H]1c1ccccc1S(=O)(=O)CC. The summed E-state index contributed by atoms with van der Waals surface area (Å²) in [6.45, 7) is 4.40. The number of nitrogens with one attached hydrogen (secondary N) is 1. The average molecular weight is 311 g/mol. The lowest BCUT2D eigenvalue weighted by atomic mass is 9.94. The Labute approximate surface area is 125 Å². The summed E-state index contributed by atoms with van der Waals surface area (Å²) < 4.78 is 29.6. The van der Waals surface area contributed by atoms with E-state index >= 15 is 0 Å². The number of carbonyl (C=O) groups is 1. The molecule has 1 saturated heterocycles. The van der Waals surface area contributed by atoms with E-state index in [0.29, 0.717) is 30.0 Å². The van der Waals surface area contributed by atoms with Crippen LogP contribution in [0.4, 0.5) is 0 Å². The first-order valence-electron chi connectivity index (χ1n) is 7.23. The molecule has 2 rings (SSSR count). The van der Waals surface area contributed by atoms with Gasteiger partial charge in [-0.05, 0) is 31.5 Å². The summed E-state index contributed by atoms with van der Waals surface area (Å²) in [6, 6.07) is 6.59. The molecule has 2 atom stereocenters. The first-order valence-corrected chi connectivity index (χ1v) is 8.88. The molecule has 0 saturated carbocycles. The zero-order valence-corrected chi connectivity index (χ0v) is 13.2. The molecular weight excluding hydrogens is 290 g/mol. The highest BCUT2D eigenvalue weighted by Crippen LogP contribution is 2.34. The molecule has 0 bridgehead atoms. The predicted octanol–water partition coefficient (Wildman–Crippen LogP) is 1.69. The molecule has 5 nitrogen and oxygen atoms in total. The Morgan fingerprint density at radius 3 is 2.71 bits per heavy atom. The fraction of sp³-hybridized carbons (Fsp3) is 0.533. The van der Waals surface area contributed by atoms with Crippen molar-refractivity contribution in [2.75, 3.05) is 18.9 Å². The molecule has 0 aliphatic carbocycles. The van der Waals surface area contributed by atoms with Gasteiger partial charge in [0.2, 0.25) is 0 Å². The Hall–Kier alpha value is -1.40. The quantitative estimate of drug-likeness (QED) is 0.838. The monoisotopic (exact) mass is 311 g/mol. The summed E-state index contributed by atoms with van der Waals surface area (Å²) in [5.74, 6) is -0.560. The van der Waals surface area contributed by atoms with Gasteiger partial charge in [-0.1, -0.05) is 25.1 Å². The molecule has 0 unspecified atom stereocenters. The summed E-state index contributed by atoms with van der Waals surface area (Å²) in [7, 11) is -3.32. The van der Waals surface area contributed by atoms with Crippen LogP contribution in [0.2, 0.25) is 0 Å². The molecule has 6 heteroatoms. The van der Waals surface area contributed by atoms with Crippen LogP contribution in [0.15, 0.2) is 29.2 Å². The Kier molecular flexibility index (Phi) is 5.00. The van der Waals surface area contributed by atoms with Crippen LogP contribution in [0, 0.1) is 5.92 Å². The van der Waals surface area contributed by atoms with Gasteiger partial charge in [-0.3, -0.25) is 4.79 Å². The van der Waals surface area contributed by atoms with E-state index in [9.17, 15) is 13.2 Å². The van der Waals surface area contributed by atoms with Crippen LogP contribution in [-0.4, -0.2) is 33.3 Å². The smallest absolute Gasteiger partial charge is 0.310 e. The number of sulfone groups is 1. The number of hydrogen-bond donors (Lipinski definition) is 1. The molecule has 21 heavy (non-hydrogen) atoms. The van der Waals surface area contributed by atoms with E-state index in [1.807, 2.05) is 0 Å². The summed E-state index contributed by atoms with van der Waals surface area (Å²) in [5, 5.41) is 3.23. The normalized spacial score (nSPS) is 22.2. The van der Waals surface area contributed by atoms with Gasteiger partial charge in [-0.15, -0.1) is 0 Å². The molecule has 116 valence electrons. The first kappa shape index (κ1) is 16.0. The highest BCUT2D eigenvalue weighted by atomic mass is 32.2. The van der Waals surface area contributed by atoms with Gasteiger partial charge >= 0.3 is 5.97 Å². The van der Waals surface area contributed by atoms with E-state index in [-0.39, 0.29) is 23.7 Å². The summed E-state index contributed by atoms with van der Waals surface area (Å²) in [6.07, 6.45) is 0.657. The zero-order valence-electron chi connectivity index (χ0n) is 12.3. The number of rotatable bonds is 5. The van der Waals surface area contributed by atoms with Crippen molar-refractivity contribution in [2.45, 2.75) is 31.2 Å². The van der Waals surface area contributed by atoms with Crippen LogP contribution in [0.25, 0.3) is 0 Å². The Balaban J connectivity index is 2.40. The summed E-state index contributed by atoms with van der Waals surface area (Å²) in [5.41, 5.74) is 0.662. The third-order valence-electron chi connectivity index (χ3n) is 3.78. The topological polar surface area (TPSA) is 72.5 Å². The maximum atomic E-state index is 12.2. The van der Waals surface area contributed by atoms with E-state index < -0.39 is 9.84 Å². The van der Waals surface area contributed by atoms with Crippen LogP contribution in [-0.2, 0) is 19.4 Å². The van der Waals surface area contributed by atoms with Crippen LogP contribution in [0.5, 0.6) is 0 Å². The lowest BCUT2D eigenvalue weighted by Crippen LogP contribution is -2.27. The number of carbonyl (C=O) groups excluding carboxylic acids is 1. The van der Waals surface area contributed by atoms with Crippen molar-refractivity contribution in [1.29, 1.82) is 0 Å². The average Bonchev–Trinajstić information content (AvgIpc) is 2.97. The molecule has 1 fully saturated rings. The van der Waals surface area contributed by atoms with Crippen molar-refractivity contribution in [3.05, 3.63) is 29.8 Å². The lowest BCUT2D eigenvalue weighted by Gasteiger charge is -2.21. The molecule has 1 aliphatic rings. The second kappa shape index (κ2) is 6.58. The first-order chi connectivity index (χ1) is 10.0. The van der Waals surface area contributed by atoms with Crippen LogP contribution in [0.3, 0.4) is 0 Å². The van der Waals surface area contributed by atoms with Crippen molar-refractivity contribution in [1.82, 2.24) is 5.32 Å². The number of hydrogen-bond acceptors (Lipinski definition) is 5. The maximum absolute atomic E-state index is 12.2. The molecule has 0 radical (unpaired) electrons. The third kappa shape index (κ3) is 3.27. The van der Waals surface area contributed by atoms with Crippen molar-refractivity contribution >= 4 is 15.8 Å². The van der Waals surface area contributed by atoms with Gasteiger partial charge in [-0.25, -0.2) is 8.42 Å². The summed E-state index contributed by atoms with van der Waals surface area (Å²) in [4.78, 5) is 12.4. The lowest BCUT2D eigenvalue weighted by molar-refractivity contribution is -0.148. The standard InChI is InChI=1S/C15H21NO4S/c1-3-20-15(17)12-9-10-16-14(12)11-7-5-6-8-13(11)21(18,19)4-2/h5-8,12,14,16H,3-4,9-10H2,1-2H3/t12-,14-/m0/s1. The van der Waals surface area contributed by atoms with Gasteiger partial charge in [-0.2, -0.15) is 0 Å². The van der Waals surface area contributed by atoms with Crippen LogP contribution >= 0.6 is 0 Å². The Bertz CT molecular complexity index is 612. The number of esters is 1. The van der Waals surface area contributed by atoms with Crippen molar-refractivity contribution in [2.24, 2.45) is 5.92 Å². The fourth-order valence-corrected chi connectivity index (χ4v) is 3.86. The molecule has 0 amide bonds. The van der Waals surface area contributed by atoms with Gasteiger partial charge in [0.1, 0.15) is 0 Å². The predicted molar refractivity (Wildman–Crippen MR) is 79.7 cm³/mol. The van der Waals surface area contributed by atoms with Crippen molar-refractivity contribution < 1.29 is 17.9 Å².